The van der Waals surface area contributed by atoms with Crippen LogP contribution in [0.2, 0.25) is 0 Å². The minimum atomic E-state index is -0.263. The highest BCUT2D eigenvalue weighted by atomic mass is 19.1. The maximum absolute atomic E-state index is 13.5. The number of piperazine rings is 1. The molecule has 1 aliphatic rings. The average Bonchev–Trinajstić information content (AvgIpc) is 2.69. The maximum Gasteiger partial charge on any atom is 0.253 e. The lowest BCUT2D eigenvalue weighted by molar-refractivity contribution is -0.122. The number of carbonyl (C=O) groups is 2. The van der Waals surface area contributed by atoms with E-state index in [1.807, 2.05) is 46.2 Å². The zero-order chi connectivity index (χ0) is 19.2. The third kappa shape index (κ3) is 5.14. The monoisotopic (exact) mass is 369 g/mol. The van der Waals surface area contributed by atoms with E-state index in [-0.39, 0.29) is 24.2 Å². The highest BCUT2D eigenvalue weighted by Gasteiger charge is 2.23. The van der Waals surface area contributed by atoms with Gasteiger partial charge in [0.25, 0.3) is 5.91 Å². The number of benzene rings is 2. The molecule has 2 aromatic rings. The molecule has 3 rings (SSSR count). The molecule has 5 nitrogen and oxygen atoms in total. The molecule has 0 aromatic heterocycles. The first-order chi connectivity index (χ1) is 13.0. The van der Waals surface area contributed by atoms with Gasteiger partial charge in [0.15, 0.2) is 0 Å². The first-order valence-corrected chi connectivity index (χ1v) is 9.11. The van der Waals surface area contributed by atoms with Gasteiger partial charge in [-0.25, -0.2) is 4.39 Å². The Labute approximate surface area is 158 Å². The summed E-state index contributed by atoms with van der Waals surface area (Å²) in [6.07, 6.45) is 0. The molecule has 0 unspecified atom stereocenters. The Morgan fingerprint density at radius 2 is 1.74 bits per heavy atom. The Kier molecular flexibility index (Phi) is 6.19. The lowest BCUT2D eigenvalue weighted by atomic mass is 10.1. The van der Waals surface area contributed by atoms with Gasteiger partial charge in [-0.2, -0.15) is 0 Å². The second-order valence-corrected chi connectivity index (χ2v) is 6.79. The van der Waals surface area contributed by atoms with Crippen molar-refractivity contribution in [2.24, 2.45) is 0 Å². The summed E-state index contributed by atoms with van der Waals surface area (Å²) in [6, 6.07) is 14.2. The van der Waals surface area contributed by atoms with Crippen molar-refractivity contribution in [1.82, 2.24) is 15.1 Å². The number of halogens is 1. The van der Waals surface area contributed by atoms with Crippen molar-refractivity contribution < 1.29 is 14.0 Å². The molecule has 0 bridgehead atoms. The average molecular weight is 369 g/mol. The number of amides is 2. The van der Waals surface area contributed by atoms with Crippen molar-refractivity contribution in [2.75, 3.05) is 32.7 Å². The van der Waals surface area contributed by atoms with E-state index >= 15 is 0 Å². The fraction of sp³-hybridized carbons (Fsp3) is 0.333. The van der Waals surface area contributed by atoms with E-state index in [1.165, 1.54) is 6.07 Å². The number of nitrogens with one attached hydrogen (secondary N) is 1. The van der Waals surface area contributed by atoms with Gasteiger partial charge in [0.05, 0.1) is 6.54 Å². The van der Waals surface area contributed by atoms with Crippen LogP contribution < -0.4 is 5.32 Å². The van der Waals surface area contributed by atoms with Crippen molar-refractivity contribution in [3.63, 3.8) is 0 Å². The smallest absolute Gasteiger partial charge is 0.253 e. The van der Waals surface area contributed by atoms with Crippen molar-refractivity contribution in [3.05, 3.63) is 71.0 Å². The Hall–Kier alpha value is -2.73. The molecule has 0 saturated carbocycles. The summed E-state index contributed by atoms with van der Waals surface area (Å²) >= 11 is 0. The summed E-state index contributed by atoms with van der Waals surface area (Å²) in [5.74, 6) is -0.333. The normalized spacial score (nSPS) is 14.8. The quantitative estimate of drug-likeness (QED) is 0.879. The number of carbonyl (C=O) groups excluding carboxylic acids is 2. The van der Waals surface area contributed by atoms with Crippen LogP contribution in [0, 0.1) is 12.7 Å². The van der Waals surface area contributed by atoms with Gasteiger partial charge in [-0.15, -0.1) is 0 Å². The predicted molar refractivity (Wildman–Crippen MR) is 102 cm³/mol. The molecule has 1 aliphatic heterocycles. The van der Waals surface area contributed by atoms with Crippen molar-refractivity contribution in [1.29, 1.82) is 0 Å². The van der Waals surface area contributed by atoms with Crippen LogP contribution in [-0.4, -0.2) is 54.3 Å². The molecule has 2 aromatic carbocycles. The minimum Gasteiger partial charge on any atom is -0.351 e. The van der Waals surface area contributed by atoms with Gasteiger partial charge in [-0.3, -0.25) is 14.5 Å². The SMILES string of the molecule is Cc1ccc(CNC(=O)CN2CCN(C(=O)c3ccccc3)CC2)cc1F. The molecular formula is C21H24FN3O2. The fourth-order valence-electron chi connectivity index (χ4n) is 3.08. The molecule has 0 aliphatic carbocycles. The molecule has 1 fully saturated rings. The molecule has 27 heavy (non-hydrogen) atoms. The van der Waals surface area contributed by atoms with Gasteiger partial charge in [0, 0.05) is 38.3 Å². The summed E-state index contributed by atoms with van der Waals surface area (Å²) in [4.78, 5) is 28.4. The van der Waals surface area contributed by atoms with Crippen LogP contribution in [0.3, 0.4) is 0 Å². The lowest BCUT2D eigenvalue weighted by Crippen LogP contribution is -2.51. The van der Waals surface area contributed by atoms with Crippen LogP contribution in [0.1, 0.15) is 21.5 Å². The van der Waals surface area contributed by atoms with Crippen LogP contribution >= 0.6 is 0 Å². The molecular weight excluding hydrogens is 345 g/mol. The second-order valence-electron chi connectivity index (χ2n) is 6.79. The van der Waals surface area contributed by atoms with E-state index in [0.29, 0.717) is 43.9 Å². The summed E-state index contributed by atoms with van der Waals surface area (Å²) < 4.78 is 13.5. The zero-order valence-electron chi connectivity index (χ0n) is 15.5. The molecule has 1 N–H and O–H groups in total. The van der Waals surface area contributed by atoms with Crippen molar-refractivity contribution in [3.8, 4) is 0 Å². The predicted octanol–water partition coefficient (Wildman–Crippen LogP) is 2.21. The molecule has 1 saturated heterocycles. The topological polar surface area (TPSA) is 52.7 Å². The third-order valence-corrected chi connectivity index (χ3v) is 4.77. The zero-order valence-corrected chi connectivity index (χ0v) is 15.5. The van der Waals surface area contributed by atoms with Crippen molar-refractivity contribution in [2.45, 2.75) is 13.5 Å². The summed E-state index contributed by atoms with van der Waals surface area (Å²) in [7, 11) is 0. The van der Waals surface area contributed by atoms with Crippen LogP contribution in [0.15, 0.2) is 48.5 Å². The number of hydrogen-bond acceptors (Lipinski definition) is 3. The molecule has 142 valence electrons. The first kappa shape index (κ1) is 19.0. The van der Waals surface area contributed by atoms with E-state index in [9.17, 15) is 14.0 Å². The molecule has 6 heteroatoms. The van der Waals surface area contributed by atoms with Gasteiger partial charge in [0.2, 0.25) is 5.91 Å². The minimum absolute atomic E-state index is 0.0288. The Balaban J connectivity index is 1.42. The molecule has 0 spiro atoms. The second kappa shape index (κ2) is 8.77. The molecule has 2 amide bonds. The maximum atomic E-state index is 13.5. The molecule has 0 atom stereocenters. The number of aryl methyl sites for hydroxylation is 1. The van der Waals surface area contributed by atoms with Crippen molar-refractivity contribution >= 4 is 11.8 Å². The van der Waals surface area contributed by atoms with E-state index in [1.54, 1.807) is 13.0 Å². The van der Waals surface area contributed by atoms with Crippen LogP contribution in [0.5, 0.6) is 0 Å². The van der Waals surface area contributed by atoms with Gasteiger partial charge in [-0.05, 0) is 36.2 Å². The first-order valence-electron chi connectivity index (χ1n) is 9.11. The number of rotatable bonds is 5. The van der Waals surface area contributed by atoms with Gasteiger partial charge < -0.3 is 10.2 Å². The van der Waals surface area contributed by atoms with E-state index in [4.69, 9.17) is 0 Å². The van der Waals surface area contributed by atoms with E-state index in [2.05, 4.69) is 5.32 Å². The number of nitrogens with zero attached hydrogens (tertiary/aromatic N) is 2. The summed E-state index contributed by atoms with van der Waals surface area (Å²) in [6.45, 7) is 4.81. The standard InChI is InChI=1S/C21H24FN3O2/c1-16-7-8-17(13-19(16)22)14-23-20(26)15-24-9-11-25(12-10-24)21(27)18-5-3-2-4-6-18/h2-8,13H,9-12,14-15H2,1H3,(H,23,26). The Morgan fingerprint density at radius 3 is 2.41 bits per heavy atom. The van der Waals surface area contributed by atoms with E-state index < -0.39 is 0 Å². The van der Waals surface area contributed by atoms with Crippen LogP contribution in [0.4, 0.5) is 4.39 Å². The summed E-state index contributed by atoms with van der Waals surface area (Å²) in [5.41, 5.74) is 2.02. The van der Waals surface area contributed by atoms with Crippen LogP contribution in [-0.2, 0) is 11.3 Å². The number of hydrogen-bond donors (Lipinski definition) is 1. The largest absolute Gasteiger partial charge is 0.351 e. The fourth-order valence-corrected chi connectivity index (χ4v) is 3.08. The molecule has 1 heterocycles. The van der Waals surface area contributed by atoms with E-state index in [0.717, 1.165) is 5.56 Å². The van der Waals surface area contributed by atoms with Gasteiger partial charge >= 0.3 is 0 Å². The van der Waals surface area contributed by atoms with Gasteiger partial charge in [-0.1, -0.05) is 30.3 Å². The molecule has 0 radical (unpaired) electrons. The Morgan fingerprint density at radius 1 is 1.04 bits per heavy atom. The van der Waals surface area contributed by atoms with Crippen LogP contribution in [0.25, 0.3) is 0 Å². The Bertz CT molecular complexity index is 802. The third-order valence-electron chi connectivity index (χ3n) is 4.77. The summed E-state index contributed by atoms with van der Waals surface area (Å²) in [5, 5.41) is 2.82. The lowest BCUT2D eigenvalue weighted by Gasteiger charge is -2.34. The highest BCUT2D eigenvalue weighted by molar-refractivity contribution is 5.94. The van der Waals surface area contributed by atoms with Gasteiger partial charge in [0.1, 0.15) is 5.82 Å². The highest BCUT2D eigenvalue weighted by Crippen LogP contribution is 2.10.